The number of nitrogens with zero attached hydrogens (tertiary/aromatic N) is 3. The van der Waals surface area contributed by atoms with E-state index in [-0.39, 0.29) is 24.1 Å². The lowest BCUT2D eigenvalue weighted by Crippen LogP contribution is -2.24. The second-order valence-corrected chi connectivity index (χ2v) is 7.61. The summed E-state index contributed by atoms with van der Waals surface area (Å²) in [5.74, 6) is 6.69. The van der Waals surface area contributed by atoms with Crippen LogP contribution in [0.5, 0.6) is 17.2 Å². The Kier molecular flexibility index (Phi) is 7.19. The number of rotatable bonds is 9. The minimum Gasteiger partial charge on any atom is -0.497 e. The van der Waals surface area contributed by atoms with E-state index < -0.39 is 11.1 Å². The molecule has 0 aliphatic heterocycles. The second-order valence-electron chi connectivity index (χ2n) is 6.30. The highest BCUT2D eigenvalue weighted by Gasteiger charge is 2.21. The zero-order valence-electron chi connectivity index (χ0n) is 17.2. The van der Waals surface area contributed by atoms with Crippen LogP contribution in [0.4, 0.5) is 10.1 Å². The van der Waals surface area contributed by atoms with Gasteiger partial charge >= 0.3 is 0 Å². The van der Waals surface area contributed by atoms with Gasteiger partial charge in [0.1, 0.15) is 18.1 Å². The number of ether oxygens (including phenoxy) is 3. The zero-order valence-corrected chi connectivity index (χ0v) is 18.0. The monoisotopic (exact) mass is 447 g/mol. The molecule has 3 rings (SSSR count). The van der Waals surface area contributed by atoms with Crippen LogP contribution in [-0.2, 0) is 11.4 Å². The topological polar surface area (TPSA) is 114 Å². The van der Waals surface area contributed by atoms with Gasteiger partial charge in [-0.25, -0.2) is 9.07 Å². The van der Waals surface area contributed by atoms with E-state index in [1.54, 1.807) is 37.3 Å². The number of nitrogens with two attached hydrogens (primary N) is 1. The van der Waals surface area contributed by atoms with Crippen molar-refractivity contribution < 1.29 is 23.4 Å². The largest absolute Gasteiger partial charge is 0.497 e. The molecule has 0 unspecified atom stereocenters. The number of hydrogen-bond donors (Lipinski definition) is 2. The van der Waals surface area contributed by atoms with Crippen LogP contribution in [0.25, 0.3) is 0 Å². The molecule has 0 saturated carbocycles. The number of para-hydroxylation sites is 1. The Hall–Kier alpha value is -3.47. The molecular formula is C20H22FN5O4S. The Bertz CT molecular complexity index is 1060. The fraction of sp³-hybridized carbons (Fsp3) is 0.250. The normalized spacial score (nSPS) is 11.6. The average molecular weight is 447 g/mol. The van der Waals surface area contributed by atoms with Crippen LogP contribution in [0.15, 0.2) is 47.6 Å². The van der Waals surface area contributed by atoms with Crippen LogP contribution in [0.2, 0.25) is 0 Å². The van der Waals surface area contributed by atoms with Crippen molar-refractivity contribution in [3.05, 3.63) is 54.1 Å². The maximum atomic E-state index is 13.7. The minimum atomic E-state index is -0.553. The van der Waals surface area contributed by atoms with Crippen LogP contribution in [0.3, 0.4) is 0 Å². The van der Waals surface area contributed by atoms with Gasteiger partial charge in [-0.05, 0) is 31.2 Å². The Morgan fingerprint density at radius 2 is 1.97 bits per heavy atom. The summed E-state index contributed by atoms with van der Waals surface area (Å²) in [5.41, 5.74) is 0.479. The van der Waals surface area contributed by atoms with Gasteiger partial charge in [0, 0.05) is 6.07 Å². The number of hydrogen-bond acceptors (Lipinski definition) is 8. The molecule has 0 saturated heterocycles. The fourth-order valence-electron chi connectivity index (χ4n) is 2.55. The molecule has 1 heterocycles. The lowest BCUT2D eigenvalue weighted by Gasteiger charge is -2.14. The number of anilines is 1. The van der Waals surface area contributed by atoms with E-state index in [0.29, 0.717) is 22.3 Å². The van der Waals surface area contributed by atoms with Crippen molar-refractivity contribution in [2.75, 3.05) is 25.4 Å². The number of amides is 1. The van der Waals surface area contributed by atoms with Crippen molar-refractivity contribution in [3.8, 4) is 17.2 Å². The van der Waals surface area contributed by atoms with Gasteiger partial charge in [-0.3, -0.25) is 4.79 Å². The average Bonchev–Trinajstić information content (AvgIpc) is 3.12. The molecule has 0 radical (unpaired) electrons. The van der Waals surface area contributed by atoms with Gasteiger partial charge in [0.2, 0.25) is 11.1 Å². The molecule has 1 amide bonds. The first kappa shape index (κ1) is 22.2. The Balaban J connectivity index is 1.63. The summed E-state index contributed by atoms with van der Waals surface area (Å²) < 4.78 is 30.7. The summed E-state index contributed by atoms with van der Waals surface area (Å²) in [6.45, 7) is 1.63. The summed E-state index contributed by atoms with van der Waals surface area (Å²) in [6.07, 6.45) is 0. The molecule has 0 aliphatic rings. The summed E-state index contributed by atoms with van der Waals surface area (Å²) in [6, 6.07) is 11.1. The molecular weight excluding hydrogens is 425 g/mol. The summed E-state index contributed by atoms with van der Waals surface area (Å²) in [4.78, 5) is 12.7. The summed E-state index contributed by atoms with van der Waals surface area (Å²) in [7, 11) is 3.05. The molecule has 164 valence electrons. The van der Waals surface area contributed by atoms with Crippen LogP contribution in [0, 0.1) is 5.82 Å². The van der Waals surface area contributed by atoms with Crippen molar-refractivity contribution in [1.82, 2.24) is 14.9 Å². The highest BCUT2D eigenvalue weighted by atomic mass is 32.2. The summed E-state index contributed by atoms with van der Waals surface area (Å²) >= 11 is 1.12. The van der Waals surface area contributed by atoms with Gasteiger partial charge in [-0.1, -0.05) is 23.9 Å². The molecule has 2 aromatic carbocycles. The molecule has 1 aromatic heterocycles. The highest BCUT2D eigenvalue weighted by molar-refractivity contribution is 8.00. The molecule has 0 aliphatic carbocycles. The molecule has 0 fully saturated rings. The van der Waals surface area contributed by atoms with Gasteiger partial charge < -0.3 is 25.4 Å². The van der Waals surface area contributed by atoms with Crippen LogP contribution >= 0.6 is 11.8 Å². The quantitative estimate of drug-likeness (QED) is 0.380. The van der Waals surface area contributed by atoms with Crippen LogP contribution in [0.1, 0.15) is 12.7 Å². The highest BCUT2D eigenvalue weighted by Crippen LogP contribution is 2.30. The second kappa shape index (κ2) is 10.0. The smallest absolute Gasteiger partial charge is 0.237 e. The number of benzene rings is 2. The third-order valence-electron chi connectivity index (χ3n) is 4.24. The van der Waals surface area contributed by atoms with Crippen molar-refractivity contribution in [2.45, 2.75) is 23.9 Å². The number of aromatic nitrogens is 3. The van der Waals surface area contributed by atoms with Crippen molar-refractivity contribution in [2.24, 2.45) is 0 Å². The number of methoxy groups -OCH3 is 2. The zero-order chi connectivity index (χ0) is 22.4. The molecule has 3 N–H and O–H groups in total. The first-order valence-corrected chi connectivity index (χ1v) is 10.1. The Labute approximate surface area is 182 Å². The fourth-order valence-corrected chi connectivity index (χ4v) is 3.34. The SMILES string of the molecule is COc1ccc(OC)c(NC(=O)[C@@H](C)Sc2nnc(COc3ccccc3F)n2N)c1. The predicted octanol–water partition coefficient (Wildman–Crippen LogP) is 2.85. The van der Waals surface area contributed by atoms with Crippen molar-refractivity contribution in [1.29, 1.82) is 0 Å². The number of carbonyl (C=O) groups is 1. The number of carbonyl (C=O) groups excluding carboxylic acids is 1. The molecule has 3 aromatic rings. The van der Waals surface area contributed by atoms with Gasteiger partial charge in [-0.15, -0.1) is 10.2 Å². The third kappa shape index (κ3) is 5.37. The maximum Gasteiger partial charge on any atom is 0.237 e. The van der Waals surface area contributed by atoms with E-state index in [1.807, 2.05) is 0 Å². The van der Waals surface area contributed by atoms with Crippen molar-refractivity contribution >= 4 is 23.4 Å². The molecule has 0 spiro atoms. The first-order chi connectivity index (χ1) is 14.9. The molecule has 9 nitrogen and oxygen atoms in total. The van der Waals surface area contributed by atoms with Crippen LogP contribution in [-0.4, -0.2) is 40.3 Å². The number of nitrogens with one attached hydrogen (secondary N) is 1. The lowest BCUT2D eigenvalue weighted by molar-refractivity contribution is -0.115. The third-order valence-corrected chi connectivity index (χ3v) is 5.30. The first-order valence-electron chi connectivity index (χ1n) is 9.19. The van der Waals surface area contributed by atoms with E-state index in [2.05, 4.69) is 15.5 Å². The van der Waals surface area contributed by atoms with Gasteiger partial charge in [0.05, 0.1) is 25.2 Å². The predicted molar refractivity (Wildman–Crippen MR) is 114 cm³/mol. The van der Waals surface area contributed by atoms with Crippen molar-refractivity contribution in [3.63, 3.8) is 0 Å². The van der Waals surface area contributed by atoms with E-state index in [1.165, 1.54) is 31.0 Å². The molecule has 31 heavy (non-hydrogen) atoms. The van der Waals surface area contributed by atoms with Crippen LogP contribution < -0.4 is 25.4 Å². The van der Waals surface area contributed by atoms with E-state index in [4.69, 9.17) is 20.1 Å². The Morgan fingerprint density at radius 3 is 2.68 bits per heavy atom. The minimum absolute atomic E-state index is 0.0768. The Morgan fingerprint density at radius 1 is 1.19 bits per heavy atom. The van der Waals surface area contributed by atoms with E-state index in [9.17, 15) is 9.18 Å². The van der Waals surface area contributed by atoms with E-state index >= 15 is 0 Å². The standard InChI is InChI=1S/C20H22FN5O4S/c1-12(19(27)23-15-10-13(28-2)8-9-17(15)29-3)31-20-25-24-18(26(20)22)11-30-16-7-5-4-6-14(16)21/h4-10,12H,11,22H2,1-3H3,(H,23,27)/t12-/m1/s1. The maximum absolute atomic E-state index is 13.7. The van der Waals surface area contributed by atoms with Gasteiger partial charge in [0.25, 0.3) is 0 Å². The lowest BCUT2D eigenvalue weighted by atomic mass is 10.2. The number of thioether (sulfide) groups is 1. The van der Waals surface area contributed by atoms with Gasteiger partial charge in [0.15, 0.2) is 17.4 Å². The molecule has 11 heteroatoms. The molecule has 0 bridgehead atoms. The summed E-state index contributed by atoms with van der Waals surface area (Å²) in [5, 5.41) is 10.5. The number of nitrogen functional groups attached to an aromatic ring is 1. The van der Waals surface area contributed by atoms with E-state index in [0.717, 1.165) is 11.8 Å². The molecule has 1 atom stereocenters. The number of halogens is 1. The van der Waals surface area contributed by atoms with Gasteiger partial charge in [-0.2, -0.15) is 0 Å².